The largest absolute Gasteiger partial charge is 0.393 e. The lowest BCUT2D eigenvalue weighted by atomic mass is 9.92. The molecule has 0 aromatic carbocycles. The molecule has 1 atom stereocenters. The number of piperidine rings is 1. The van der Waals surface area contributed by atoms with Crippen LogP contribution >= 0.6 is 12.2 Å². The molecule has 0 radical (unpaired) electrons. The Morgan fingerprint density at radius 1 is 1.56 bits per heavy atom. The maximum atomic E-state index is 9.59. The van der Waals surface area contributed by atoms with E-state index in [1.807, 2.05) is 6.92 Å². The van der Waals surface area contributed by atoms with Gasteiger partial charge in [0.2, 0.25) is 0 Å². The van der Waals surface area contributed by atoms with Gasteiger partial charge in [-0.1, -0.05) is 12.2 Å². The smallest absolute Gasteiger partial charge is 0.161 e. The minimum Gasteiger partial charge on any atom is -0.393 e. The van der Waals surface area contributed by atoms with Crippen molar-refractivity contribution >= 4 is 23.0 Å². The predicted molar refractivity (Wildman–Crippen MR) is 74.5 cm³/mol. The van der Waals surface area contributed by atoms with Crippen LogP contribution in [0, 0.1) is 5.92 Å². The van der Waals surface area contributed by atoms with Crippen LogP contribution < -0.4 is 10.6 Å². The number of hydrogen-bond acceptors (Lipinski definition) is 5. The fourth-order valence-electron chi connectivity index (χ4n) is 2.34. The highest BCUT2D eigenvalue weighted by molar-refractivity contribution is 7.80. The monoisotopic (exact) mass is 266 g/mol. The minimum absolute atomic E-state index is 0.246. The van der Waals surface area contributed by atoms with Crippen molar-refractivity contribution in [3.8, 4) is 0 Å². The van der Waals surface area contributed by atoms with Crippen LogP contribution in [0.3, 0.4) is 0 Å². The van der Waals surface area contributed by atoms with Gasteiger partial charge in [0.25, 0.3) is 0 Å². The zero-order valence-corrected chi connectivity index (χ0v) is 11.2. The molecule has 0 aliphatic carbocycles. The molecule has 1 aliphatic heterocycles. The molecule has 6 heteroatoms. The molecule has 0 saturated carbocycles. The van der Waals surface area contributed by atoms with Gasteiger partial charge >= 0.3 is 0 Å². The number of aliphatic hydroxyl groups excluding tert-OH is 1. The molecule has 2 rings (SSSR count). The average molecular weight is 266 g/mol. The van der Waals surface area contributed by atoms with E-state index in [0.29, 0.717) is 10.9 Å². The SMILES string of the molecule is CC(O)C1CCN(c2nnccc2C(N)=S)CC1. The number of aromatic nitrogens is 2. The van der Waals surface area contributed by atoms with Crippen molar-refractivity contribution in [3.63, 3.8) is 0 Å². The molecule has 1 aromatic heterocycles. The Kier molecular flexibility index (Phi) is 4.08. The molecule has 1 fully saturated rings. The highest BCUT2D eigenvalue weighted by Gasteiger charge is 2.25. The Bertz CT molecular complexity index is 430. The number of hydrogen-bond donors (Lipinski definition) is 2. The quantitative estimate of drug-likeness (QED) is 0.785. The van der Waals surface area contributed by atoms with Gasteiger partial charge in [0.1, 0.15) is 4.99 Å². The van der Waals surface area contributed by atoms with Crippen molar-refractivity contribution < 1.29 is 5.11 Å². The molecule has 98 valence electrons. The van der Waals surface area contributed by atoms with Crippen LogP contribution in [0.25, 0.3) is 0 Å². The summed E-state index contributed by atoms with van der Waals surface area (Å²) in [7, 11) is 0. The summed E-state index contributed by atoms with van der Waals surface area (Å²) >= 11 is 5.03. The second-order valence-electron chi connectivity index (χ2n) is 4.70. The lowest BCUT2D eigenvalue weighted by molar-refractivity contribution is 0.109. The second kappa shape index (κ2) is 5.58. The average Bonchev–Trinajstić information content (AvgIpc) is 2.39. The predicted octanol–water partition coefficient (Wildman–Crippen LogP) is 0.708. The molecule has 0 bridgehead atoms. The van der Waals surface area contributed by atoms with E-state index in [4.69, 9.17) is 18.0 Å². The van der Waals surface area contributed by atoms with Crippen LogP contribution in [0.15, 0.2) is 12.3 Å². The van der Waals surface area contributed by atoms with Gasteiger partial charge in [-0.2, -0.15) is 5.10 Å². The van der Waals surface area contributed by atoms with Gasteiger partial charge in [0, 0.05) is 13.1 Å². The van der Waals surface area contributed by atoms with E-state index in [9.17, 15) is 5.11 Å². The third-order valence-corrected chi connectivity index (χ3v) is 3.71. The van der Waals surface area contributed by atoms with Crippen molar-refractivity contribution in [1.82, 2.24) is 10.2 Å². The number of nitrogens with zero attached hydrogens (tertiary/aromatic N) is 3. The van der Waals surface area contributed by atoms with Gasteiger partial charge in [-0.05, 0) is 31.7 Å². The maximum absolute atomic E-state index is 9.59. The van der Waals surface area contributed by atoms with E-state index >= 15 is 0 Å². The molecule has 1 aliphatic rings. The molecule has 0 spiro atoms. The molecule has 18 heavy (non-hydrogen) atoms. The summed E-state index contributed by atoms with van der Waals surface area (Å²) in [6, 6.07) is 1.80. The topological polar surface area (TPSA) is 75.3 Å². The lowest BCUT2D eigenvalue weighted by Crippen LogP contribution is -2.38. The van der Waals surface area contributed by atoms with Gasteiger partial charge in [-0.15, -0.1) is 5.10 Å². The van der Waals surface area contributed by atoms with Gasteiger partial charge < -0.3 is 15.7 Å². The Hall–Kier alpha value is -1.27. The third kappa shape index (κ3) is 2.76. The summed E-state index contributed by atoms with van der Waals surface area (Å²) < 4.78 is 0. The van der Waals surface area contributed by atoms with Gasteiger partial charge in [-0.25, -0.2) is 0 Å². The van der Waals surface area contributed by atoms with Gasteiger partial charge in [0.05, 0.1) is 17.9 Å². The highest BCUT2D eigenvalue weighted by Crippen LogP contribution is 2.25. The molecular formula is C12H18N4OS. The Morgan fingerprint density at radius 2 is 2.22 bits per heavy atom. The van der Waals surface area contributed by atoms with Gasteiger partial charge in [0.15, 0.2) is 5.82 Å². The molecule has 3 N–H and O–H groups in total. The molecule has 1 saturated heterocycles. The molecule has 1 unspecified atom stereocenters. The molecule has 0 amide bonds. The summed E-state index contributed by atoms with van der Waals surface area (Å²) in [5.41, 5.74) is 6.47. The van der Waals surface area contributed by atoms with E-state index < -0.39 is 0 Å². The summed E-state index contributed by atoms with van der Waals surface area (Å²) in [6.45, 7) is 3.55. The summed E-state index contributed by atoms with van der Waals surface area (Å²) in [4.78, 5) is 2.48. The number of aliphatic hydroxyl groups is 1. The van der Waals surface area contributed by atoms with Crippen molar-refractivity contribution in [3.05, 3.63) is 17.8 Å². The normalized spacial score (nSPS) is 18.7. The summed E-state index contributed by atoms with van der Waals surface area (Å²) in [5, 5.41) is 17.6. The fraction of sp³-hybridized carbons (Fsp3) is 0.583. The van der Waals surface area contributed by atoms with Crippen LogP contribution in [0.2, 0.25) is 0 Å². The first-order chi connectivity index (χ1) is 8.59. The molecule has 2 heterocycles. The van der Waals surface area contributed by atoms with E-state index in [2.05, 4.69) is 15.1 Å². The van der Waals surface area contributed by atoms with Crippen LogP contribution in [0.1, 0.15) is 25.3 Å². The van der Waals surface area contributed by atoms with E-state index in [1.165, 1.54) is 0 Å². The lowest BCUT2D eigenvalue weighted by Gasteiger charge is -2.34. The first-order valence-electron chi connectivity index (χ1n) is 6.14. The van der Waals surface area contributed by atoms with Crippen molar-refractivity contribution in [2.45, 2.75) is 25.9 Å². The molecule has 5 nitrogen and oxygen atoms in total. The first-order valence-corrected chi connectivity index (χ1v) is 6.55. The first kappa shape index (κ1) is 13.2. The zero-order valence-electron chi connectivity index (χ0n) is 10.4. The van der Waals surface area contributed by atoms with Crippen LogP contribution in [-0.4, -0.2) is 39.5 Å². The van der Waals surface area contributed by atoms with Crippen molar-refractivity contribution in [1.29, 1.82) is 0 Å². The second-order valence-corrected chi connectivity index (χ2v) is 5.14. The van der Waals surface area contributed by atoms with Crippen LogP contribution in [0.4, 0.5) is 5.82 Å². The number of thiocarbonyl (C=S) groups is 1. The number of nitrogens with two attached hydrogens (primary N) is 1. The van der Waals surface area contributed by atoms with Crippen LogP contribution in [0.5, 0.6) is 0 Å². The summed E-state index contributed by atoms with van der Waals surface area (Å²) in [6.07, 6.45) is 3.25. The Balaban J connectivity index is 2.12. The third-order valence-electron chi connectivity index (χ3n) is 3.49. The summed E-state index contributed by atoms with van der Waals surface area (Å²) in [5.74, 6) is 1.13. The van der Waals surface area contributed by atoms with E-state index in [-0.39, 0.29) is 6.10 Å². The Labute approximate surface area is 112 Å². The Morgan fingerprint density at radius 3 is 2.78 bits per heavy atom. The molecular weight excluding hydrogens is 248 g/mol. The van der Waals surface area contributed by atoms with Crippen molar-refractivity contribution in [2.24, 2.45) is 11.7 Å². The maximum Gasteiger partial charge on any atom is 0.161 e. The van der Waals surface area contributed by atoms with E-state index in [1.54, 1.807) is 12.3 Å². The van der Waals surface area contributed by atoms with E-state index in [0.717, 1.165) is 37.3 Å². The van der Waals surface area contributed by atoms with Crippen LogP contribution in [-0.2, 0) is 0 Å². The zero-order chi connectivity index (χ0) is 13.1. The minimum atomic E-state index is -0.246. The fourth-order valence-corrected chi connectivity index (χ4v) is 2.50. The van der Waals surface area contributed by atoms with Gasteiger partial charge in [-0.3, -0.25) is 0 Å². The molecule has 1 aromatic rings. The number of rotatable bonds is 3. The van der Waals surface area contributed by atoms with Crippen molar-refractivity contribution in [2.75, 3.05) is 18.0 Å². The number of anilines is 1. The highest BCUT2D eigenvalue weighted by atomic mass is 32.1. The standard InChI is InChI=1S/C12H18N4OS/c1-8(17)9-3-6-16(7-4-9)12-10(11(13)18)2-5-14-15-12/h2,5,8-9,17H,3-4,6-7H2,1H3,(H2,13,18).